The van der Waals surface area contributed by atoms with Crippen LogP contribution in [-0.2, 0) is 11.3 Å². The van der Waals surface area contributed by atoms with E-state index in [4.69, 9.17) is 5.73 Å². The molecule has 2 rings (SSSR count). The van der Waals surface area contributed by atoms with Gasteiger partial charge in [0.25, 0.3) is 0 Å². The quantitative estimate of drug-likeness (QED) is 0.719. The number of halogens is 2. The van der Waals surface area contributed by atoms with Crippen LogP contribution in [-0.4, -0.2) is 38.7 Å². The first-order valence-electron chi connectivity index (χ1n) is 6.78. The minimum absolute atomic E-state index is 0. The molecule has 9 heteroatoms. The van der Waals surface area contributed by atoms with Crippen molar-refractivity contribution in [2.75, 3.05) is 17.3 Å². The third-order valence-electron chi connectivity index (χ3n) is 2.97. The summed E-state index contributed by atoms with van der Waals surface area (Å²) in [5, 5.41) is 6.88. The van der Waals surface area contributed by atoms with Crippen molar-refractivity contribution < 1.29 is 4.79 Å². The van der Waals surface area contributed by atoms with Gasteiger partial charge in [-0.3, -0.25) is 10.1 Å². The van der Waals surface area contributed by atoms with Gasteiger partial charge in [-0.05, 0) is 36.1 Å². The van der Waals surface area contributed by atoms with Crippen LogP contribution < -0.4 is 11.1 Å². The lowest BCUT2D eigenvalue weighted by atomic mass is 10.2. The SMILES string of the molecule is CSCC[C@H](N)C(=O)Nc1ncn(Cc2cccc(Br)c2)n1.Cl. The molecule has 0 saturated carbocycles. The Balaban J connectivity index is 0.00000264. The first kappa shape index (κ1) is 20.0. The van der Waals surface area contributed by atoms with Crippen LogP contribution in [0.15, 0.2) is 35.1 Å². The Morgan fingerprint density at radius 3 is 3.00 bits per heavy atom. The molecule has 0 fully saturated rings. The predicted octanol–water partition coefficient (Wildman–Crippen LogP) is 2.53. The van der Waals surface area contributed by atoms with E-state index in [0.29, 0.717) is 13.0 Å². The number of anilines is 1. The maximum atomic E-state index is 11.9. The van der Waals surface area contributed by atoms with Gasteiger partial charge in [0.1, 0.15) is 6.33 Å². The van der Waals surface area contributed by atoms with Gasteiger partial charge in [0.05, 0.1) is 12.6 Å². The van der Waals surface area contributed by atoms with E-state index in [0.717, 1.165) is 15.8 Å². The van der Waals surface area contributed by atoms with Gasteiger partial charge >= 0.3 is 0 Å². The Morgan fingerprint density at radius 2 is 2.30 bits per heavy atom. The molecular weight excluding hydrogens is 402 g/mol. The molecule has 0 saturated heterocycles. The highest BCUT2D eigenvalue weighted by Crippen LogP contribution is 2.12. The zero-order valence-electron chi connectivity index (χ0n) is 12.6. The molecule has 1 aromatic heterocycles. The molecule has 23 heavy (non-hydrogen) atoms. The number of hydrogen-bond donors (Lipinski definition) is 2. The molecule has 1 aromatic carbocycles. The van der Waals surface area contributed by atoms with Gasteiger partial charge in [0.15, 0.2) is 0 Å². The van der Waals surface area contributed by atoms with Crippen LogP contribution in [0.5, 0.6) is 0 Å². The number of nitrogens with two attached hydrogens (primary N) is 1. The number of aromatic nitrogens is 3. The smallest absolute Gasteiger partial charge is 0.248 e. The summed E-state index contributed by atoms with van der Waals surface area (Å²) in [5.41, 5.74) is 6.90. The second-order valence-electron chi connectivity index (χ2n) is 4.77. The van der Waals surface area contributed by atoms with Gasteiger partial charge in [-0.2, -0.15) is 11.8 Å². The van der Waals surface area contributed by atoms with Crippen LogP contribution in [0, 0.1) is 0 Å². The Hall–Kier alpha value is -1.09. The zero-order chi connectivity index (χ0) is 15.9. The van der Waals surface area contributed by atoms with Crippen molar-refractivity contribution >= 4 is 52.0 Å². The highest BCUT2D eigenvalue weighted by atomic mass is 79.9. The number of carbonyl (C=O) groups excluding carboxylic acids is 1. The average molecular weight is 421 g/mol. The number of rotatable bonds is 7. The van der Waals surface area contributed by atoms with E-state index < -0.39 is 6.04 Å². The molecule has 0 unspecified atom stereocenters. The van der Waals surface area contributed by atoms with E-state index in [1.165, 1.54) is 0 Å². The van der Waals surface area contributed by atoms with E-state index in [1.807, 2.05) is 30.5 Å². The maximum Gasteiger partial charge on any atom is 0.248 e. The largest absolute Gasteiger partial charge is 0.320 e. The van der Waals surface area contributed by atoms with Crippen LogP contribution in [0.4, 0.5) is 5.95 Å². The van der Waals surface area contributed by atoms with Crippen molar-refractivity contribution in [2.45, 2.75) is 19.0 Å². The number of benzene rings is 1. The van der Waals surface area contributed by atoms with E-state index in [9.17, 15) is 4.79 Å². The van der Waals surface area contributed by atoms with Gasteiger partial charge in [0.2, 0.25) is 11.9 Å². The van der Waals surface area contributed by atoms with Gasteiger partial charge in [-0.25, -0.2) is 9.67 Å². The number of amides is 1. The standard InChI is InChI=1S/C14H18BrN5OS.ClH/c1-22-6-5-12(16)13(21)18-14-17-9-20(19-14)8-10-3-2-4-11(15)7-10;/h2-4,7,9,12H,5-6,8,16H2,1H3,(H,18,19,21);1H/t12-;/m0./s1. The second kappa shape index (κ2) is 9.92. The molecule has 6 nitrogen and oxygen atoms in total. The minimum Gasteiger partial charge on any atom is -0.320 e. The fourth-order valence-corrected chi connectivity index (χ4v) is 2.77. The lowest BCUT2D eigenvalue weighted by molar-refractivity contribution is -0.117. The Kier molecular flexibility index (Phi) is 8.60. The summed E-state index contributed by atoms with van der Waals surface area (Å²) in [5.74, 6) is 0.869. The molecule has 0 aliphatic carbocycles. The van der Waals surface area contributed by atoms with Gasteiger partial charge < -0.3 is 5.73 Å². The van der Waals surface area contributed by atoms with E-state index in [1.54, 1.807) is 22.8 Å². The first-order chi connectivity index (χ1) is 10.6. The van der Waals surface area contributed by atoms with E-state index in [2.05, 4.69) is 31.3 Å². The molecule has 0 bridgehead atoms. The summed E-state index contributed by atoms with van der Waals surface area (Å²) < 4.78 is 2.68. The average Bonchev–Trinajstić information content (AvgIpc) is 2.91. The van der Waals surface area contributed by atoms with Crippen molar-refractivity contribution in [1.29, 1.82) is 0 Å². The summed E-state index contributed by atoms with van der Waals surface area (Å²) in [7, 11) is 0. The van der Waals surface area contributed by atoms with E-state index in [-0.39, 0.29) is 24.3 Å². The van der Waals surface area contributed by atoms with Crippen LogP contribution in [0.2, 0.25) is 0 Å². The molecule has 1 atom stereocenters. The molecule has 1 heterocycles. The number of carbonyl (C=O) groups is 1. The molecule has 1 amide bonds. The fourth-order valence-electron chi connectivity index (χ4n) is 1.83. The monoisotopic (exact) mass is 419 g/mol. The highest BCUT2D eigenvalue weighted by Gasteiger charge is 2.14. The van der Waals surface area contributed by atoms with Crippen molar-refractivity contribution in [3.8, 4) is 0 Å². The second-order valence-corrected chi connectivity index (χ2v) is 6.67. The highest BCUT2D eigenvalue weighted by molar-refractivity contribution is 9.10. The predicted molar refractivity (Wildman–Crippen MR) is 100 cm³/mol. The molecule has 3 N–H and O–H groups in total. The fraction of sp³-hybridized carbons (Fsp3) is 0.357. The summed E-state index contributed by atoms with van der Waals surface area (Å²) >= 11 is 5.09. The molecule has 0 aliphatic heterocycles. The lowest BCUT2D eigenvalue weighted by Crippen LogP contribution is -2.36. The first-order valence-corrected chi connectivity index (χ1v) is 8.96. The lowest BCUT2D eigenvalue weighted by Gasteiger charge is -2.09. The maximum absolute atomic E-state index is 11.9. The molecule has 2 aromatic rings. The Morgan fingerprint density at radius 1 is 1.52 bits per heavy atom. The summed E-state index contributed by atoms with van der Waals surface area (Å²) in [4.78, 5) is 16.0. The number of hydrogen-bond acceptors (Lipinski definition) is 5. The zero-order valence-corrected chi connectivity index (χ0v) is 15.8. The van der Waals surface area contributed by atoms with Crippen LogP contribution in [0.3, 0.4) is 0 Å². The molecular formula is C14H19BrClN5OS. The third-order valence-corrected chi connectivity index (χ3v) is 4.11. The van der Waals surface area contributed by atoms with Crippen molar-refractivity contribution in [1.82, 2.24) is 14.8 Å². The van der Waals surface area contributed by atoms with Crippen molar-refractivity contribution in [2.24, 2.45) is 5.73 Å². The number of thioether (sulfide) groups is 1. The molecule has 0 spiro atoms. The van der Waals surface area contributed by atoms with E-state index >= 15 is 0 Å². The van der Waals surface area contributed by atoms with Crippen LogP contribution in [0.25, 0.3) is 0 Å². The Bertz CT molecular complexity index is 639. The van der Waals surface area contributed by atoms with Crippen molar-refractivity contribution in [3.63, 3.8) is 0 Å². The van der Waals surface area contributed by atoms with Crippen LogP contribution in [0.1, 0.15) is 12.0 Å². The molecule has 126 valence electrons. The molecule has 0 aliphatic rings. The molecule has 0 radical (unpaired) electrons. The van der Waals surface area contributed by atoms with Gasteiger partial charge in [0, 0.05) is 4.47 Å². The summed E-state index contributed by atoms with van der Waals surface area (Å²) in [6.45, 7) is 0.584. The van der Waals surface area contributed by atoms with Gasteiger partial charge in [-0.15, -0.1) is 17.5 Å². The summed E-state index contributed by atoms with van der Waals surface area (Å²) in [6.07, 6.45) is 4.20. The topological polar surface area (TPSA) is 85.8 Å². The van der Waals surface area contributed by atoms with Gasteiger partial charge in [-0.1, -0.05) is 28.1 Å². The minimum atomic E-state index is -0.538. The van der Waals surface area contributed by atoms with Crippen LogP contribution >= 0.6 is 40.1 Å². The normalized spacial score (nSPS) is 11.6. The third kappa shape index (κ3) is 6.50. The summed E-state index contributed by atoms with van der Waals surface area (Å²) in [6, 6.07) is 7.40. The van der Waals surface area contributed by atoms with Crippen molar-refractivity contribution in [3.05, 3.63) is 40.6 Å². The number of nitrogens with one attached hydrogen (secondary N) is 1. The Labute approximate surface area is 154 Å². The number of nitrogens with zero attached hydrogens (tertiary/aromatic N) is 3.